The summed E-state index contributed by atoms with van der Waals surface area (Å²) in [6.45, 7) is 2.30. The number of carbonyl (C=O) groups excluding carboxylic acids is 1. The van der Waals surface area contributed by atoms with E-state index in [0.29, 0.717) is 17.9 Å². The molecule has 1 aromatic carbocycles. The molecule has 17 heavy (non-hydrogen) atoms. The van der Waals surface area contributed by atoms with Crippen molar-refractivity contribution in [3.8, 4) is 11.5 Å². The van der Waals surface area contributed by atoms with Crippen LogP contribution in [0.25, 0.3) is 0 Å². The van der Waals surface area contributed by atoms with Crippen LogP contribution in [0.15, 0.2) is 23.3 Å². The third-order valence-electron chi connectivity index (χ3n) is 1.84. The van der Waals surface area contributed by atoms with E-state index in [2.05, 4.69) is 15.3 Å². The first-order valence-corrected chi connectivity index (χ1v) is 5.00. The van der Waals surface area contributed by atoms with Gasteiger partial charge in [-0.15, -0.1) is 0 Å². The van der Waals surface area contributed by atoms with Gasteiger partial charge in [-0.3, -0.25) is 0 Å². The van der Waals surface area contributed by atoms with Gasteiger partial charge in [-0.05, 0) is 19.1 Å². The van der Waals surface area contributed by atoms with Crippen LogP contribution in [0.3, 0.4) is 0 Å². The predicted octanol–water partition coefficient (Wildman–Crippen LogP) is 1.48. The fraction of sp³-hybridized carbons (Fsp3) is 0.273. The van der Waals surface area contributed by atoms with Crippen LogP contribution >= 0.6 is 0 Å². The smallest absolute Gasteiger partial charge is 0.427 e. The lowest BCUT2D eigenvalue weighted by molar-refractivity contribution is 0.171. The highest BCUT2D eigenvalue weighted by Crippen LogP contribution is 2.22. The summed E-state index contributed by atoms with van der Waals surface area (Å²) in [5, 5.41) is 13.0. The molecule has 0 saturated heterocycles. The molecular weight excluding hydrogens is 224 g/mol. The van der Waals surface area contributed by atoms with Gasteiger partial charge in [0.05, 0.1) is 19.9 Å². The number of hydrogen-bond acceptors (Lipinski definition) is 5. The number of hydrogen-bond donors (Lipinski definition) is 2. The average molecular weight is 238 g/mol. The van der Waals surface area contributed by atoms with Gasteiger partial charge in [0.15, 0.2) is 0 Å². The summed E-state index contributed by atoms with van der Waals surface area (Å²) in [6, 6.07) is 4.60. The molecule has 1 aromatic rings. The van der Waals surface area contributed by atoms with Crippen LogP contribution in [0.4, 0.5) is 4.79 Å². The number of carbonyl (C=O) groups is 1. The molecule has 0 bridgehead atoms. The first kappa shape index (κ1) is 12.8. The average Bonchev–Trinajstić information content (AvgIpc) is 2.32. The molecule has 0 aromatic heterocycles. The Morgan fingerprint density at radius 1 is 1.59 bits per heavy atom. The molecule has 0 spiro atoms. The third-order valence-corrected chi connectivity index (χ3v) is 1.84. The third kappa shape index (κ3) is 4.02. The van der Waals surface area contributed by atoms with Crippen molar-refractivity contribution in [1.29, 1.82) is 0 Å². The fourth-order valence-electron chi connectivity index (χ4n) is 1.11. The molecular formula is C11H14N2O4. The molecule has 0 aliphatic rings. The number of ether oxygens (including phenoxy) is 2. The lowest BCUT2D eigenvalue weighted by Crippen LogP contribution is -2.16. The minimum absolute atomic E-state index is 0.103. The monoisotopic (exact) mass is 238 g/mol. The van der Waals surface area contributed by atoms with Crippen molar-refractivity contribution < 1.29 is 19.4 Å². The normalized spacial score (nSPS) is 10.2. The molecule has 0 heterocycles. The van der Waals surface area contributed by atoms with E-state index >= 15 is 0 Å². The molecule has 92 valence electrons. The maximum Gasteiger partial charge on any atom is 0.427 e. The van der Waals surface area contributed by atoms with Gasteiger partial charge in [0, 0.05) is 11.6 Å². The van der Waals surface area contributed by atoms with Gasteiger partial charge in [-0.2, -0.15) is 5.10 Å². The highest BCUT2D eigenvalue weighted by Gasteiger charge is 2.02. The van der Waals surface area contributed by atoms with E-state index in [9.17, 15) is 9.90 Å². The van der Waals surface area contributed by atoms with Crippen molar-refractivity contribution >= 4 is 12.3 Å². The van der Waals surface area contributed by atoms with E-state index in [1.807, 2.05) is 6.92 Å². The van der Waals surface area contributed by atoms with Crippen LogP contribution in [0.5, 0.6) is 11.5 Å². The minimum Gasteiger partial charge on any atom is -0.508 e. The Labute approximate surface area is 98.9 Å². The van der Waals surface area contributed by atoms with Crippen molar-refractivity contribution in [3.63, 3.8) is 0 Å². The number of phenolic OH excluding ortho intramolecular Hbond substituents is 1. The Balaban J connectivity index is 2.78. The zero-order valence-corrected chi connectivity index (χ0v) is 9.64. The summed E-state index contributed by atoms with van der Waals surface area (Å²) >= 11 is 0. The number of phenols is 1. The van der Waals surface area contributed by atoms with Gasteiger partial charge < -0.3 is 14.6 Å². The maximum atomic E-state index is 10.7. The number of methoxy groups -OCH3 is 1. The van der Waals surface area contributed by atoms with Crippen LogP contribution in [0.1, 0.15) is 12.5 Å². The first-order chi connectivity index (χ1) is 8.17. The number of nitrogens with zero attached hydrogens (tertiary/aromatic N) is 1. The molecule has 0 aliphatic carbocycles. The Morgan fingerprint density at radius 2 is 2.35 bits per heavy atom. The zero-order chi connectivity index (χ0) is 12.7. The standard InChI is InChI=1S/C11H14N2O4/c1-3-17-10-6-9(14)5-4-8(10)7-12-13-11(15)16-2/h4-7,14H,3H2,1-2H3,(H,13,15)/b12-7+. The fourth-order valence-corrected chi connectivity index (χ4v) is 1.11. The van der Waals surface area contributed by atoms with E-state index in [1.54, 1.807) is 6.07 Å². The molecule has 1 rings (SSSR count). The number of rotatable bonds is 4. The lowest BCUT2D eigenvalue weighted by Gasteiger charge is -2.06. The van der Waals surface area contributed by atoms with Crippen molar-refractivity contribution in [2.75, 3.05) is 13.7 Å². The molecule has 6 nitrogen and oxygen atoms in total. The highest BCUT2D eigenvalue weighted by atomic mass is 16.5. The van der Waals surface area contributed by atoms with Crippen LogP contribution in [0, 0.1) is 0 Å². The summed E-state index contributed by atoms with van der Waals surface area (Å²) in [4.78, 5) is 10.7. The van der Waals surface area contributed by atoms with Gasteiger partial charge in [0.25, 0.3) is 0 Å². The second-order valence-electron chi connectivity index (χ2n) is 3.02. The van der Waals surface area contributed by atoms with E-state index in [-0.39, 0.29) is 5.75 Å². The first-order valence-electron chi connectivity index (χ1n) is 5.00. The number of hydrazone groups is 1. The van der Waals surface area contributed by atoms with E-state index < -0.39 is 6.09 Å². The minimum atomic E-state index is -0.655. The zero-order valence-electron chi connectivity index (χ0n) is 9.64. The van der Waals surface area contributed by atoms with E-state index in [4.69, 9.17) is 4.74 Å². The van der Waals surface area contributed by atoms with Gasteiger partial charge >= 0.3 is 6.09 Å². The molecule has 0 unspecified atom stereocenters. The molecule has 0 atom stereocenters. The van der Waals surface area contributed by atoms with E-state index in [0.717, 1.165) is 0 Å². The van der Waals surface area contributed by atoms with Gasteiger partial charge in [-0.1, -0.05) is 0 Å². The van der Waals surface area contributed by atoms with Crippen molar-refractivity contribution in [1.82, 2.24) is 5.43 Å². The molecule has 1 amide bonds. The second-order valence-corrected chi connectivity index (χ2v) is 3.02. The molecule has 0 fully saturated rings. The van der Waals surface area contributed by atoms with Crippen molar-refractivity contribution in [2.45, 2.75) is 6.92 Å². The summed E-state index contributed by atoms with van der Waals surface area (Å²) in [6.07, 6.45) is 0.749. The summed E-state index contributed by atoms with van der Waals surface area (Å²) in [5.41, 5.74) is 2.79. The molecule has 6 heteroatoms. The predicted molar refractivity (Wildman–Crippen MR) is 62.4 cm³/mol. The SMILES string of the molecule is CCOc1cc(O)ccc1/C=N/NC(=O)OC. The lowest BCUT2D eigenvalue weighted by atomic mass is 10.2. The van der Waals surface area contributed by atoms with Crippen LogP contribution in [0.2, 0.25) is 0 Å². The van der Waals surface area contributed by atoms with Gasteiger partial charge in [0.2, 0.25) is 0 Å². The van der Waals surface area contributed by atoms with Gasteiger partial charge in [-0.25, -0.2) is 10.2 Å². The number of aromatic hydroxyl groups is 1. The Bertz CT molecular complexity index is 418. The van der Waals surface area contributed by atoms with Crippen LogP contribution in [-0.2, 0) is 4.74 Å². The van der Waals surface area contributed by atoms with Crippen LogP contribution in [-0.4, -0.2) is 31.1 Å². The second kappa shape index (κ2) is 6.37. The molecule has 2 N–H and O–H groups in total. The van der Waals surface area contributed by atoms with Gasteiger partial charge in [0.1, 0.15) is 11.5 Å². The summed E-state index contributed by atoms with van der Waals surface area (Å²) in [5.74, 6) is 0.592. The van der Waals surface area contributed by atoms with Crippen molar-refractivity contribution in [2.24, 2.45) is 5.10 Å². The van der Waals surface area contributed by atoms with E-state index in [1.165, 1.54) is 25.5 Å². The highest BCUT2D eigenvalue weighted by molar-refractivity contribution is 5.84. The van der Waals surface area contributed by atoms with Crippen LogP contribution < -0.4 is 10.2 Å². The van der Waals surface area contributed by atoms with Crippen molar-refractivity contribution in [3.05, 3.63) is 23.8 Å². The Hall–Kier alpha value is -2.24. The maximum absolute atomic E-state index is 10.7. The molecule has 0 radical (unpaired) electrons. The summed E-state index contributed by atoms with van der Waals surface area (Å²) < 4.78 is 9.66. The largest absolute Gasteiger partial charge is 0.508 e. The molecule has 0 saturated carbocycles. The Kier molecular flexibility index (Phi) is 4.80. The topological polar surface area (TPSA) is 80.2 Å². The summed E-state index contributed by atoms with van der Waals surface area (Å²) in [7, 11) is 1.25. The molecule has 0 aliphatic heterocycles. The number of amides is 1. The Morgan fingerprint density at radius 3 is 3.00 bits per heavy atom. The number of benzene rings is 1. The number of nitrogens with one attached hydrogen (secondary N) is 1. The quantitative estimate of drug-likeness (QED) is 0.615.